The molecule has 0 radical (unpaired) electrons. The molecule has 9 nitrogen and oxygen atoms in total. The first kappa shape index (κ1) is 24.1. The highest BCUT2D eigenvalue weighted by molar-refractivity contribution is 5.89. The van der Waals surface area contributed by atoms with Crippen LogP contribution in [0, 0.1) is 0 Å². The van der Waals surface area contributed by atoms with Gasteiger partial charge in [0.15, 0.2) is 0 Å². The molecule has 0 unspecified atom stereocenters. The first-order valence-electron chi connectivity index (χ1n) is 10.3. The van der Waals surface area contributed by atoms with Crippen LogP contribution in [0.1, 0.15) is 24.1 Å². The van der Waals surface area contributed by atoms with Crippen molar-refractivity contribution in [3.8, 4) is 0 Å². The number of aromatic nitrogens is 2. The van der Waals surface area contributed by atoms with E-state index in [2.05, 4.69) is 15.2 Å². The summed E-state index contributed by atoms with van der Waals surface area (Å²) in [7, 11) is 2.75. The van der Waals surface area contributed by atoms with Gasteiger partial charge in [-0.05, 0) is 31.0 Å². The topological polar surface area (TPSA) is 114 Å². The van der Waals surface area contributed by atoms with Crippen LogP contribution in [0.15, 0.2) is 35.4 Å². The van der Waals surface area contributed by atoms with E-state index in [1.54, 1.807) is 19.3 Å². The molecule has 33 heavy (non-hydrogen) atoms. The summed E-state index contributed by atoms with van der Waals surface area (Å²) < 4.78 is 39.9. The Labute approximate surface area is 188 Å². The molecule has 1 saturated heterocycles. The quantitative estimate of drug-likeness (QED) is 0.700. The Kier molecular flexibility index (Phi) is 6.94. The number of nitrogens with two attached hydrogens (primary N) is 1. The molecule has 0 aromatic carbocycles. The lowest BCUT2D eigenvalue weighted by Gasteiger charge is -2.37. The average molecular weight is 466 g/mol. The van der Waals surface area contributed by atoms with Gasteiger partial charge in [-0.2, -0.15) is 13.2 Å². The summed E-state index contributed by atoms with van der Waals surface area (Å²) in [4.78, 5) is 43.5. The van der Waals surface area contributed by atoms with Crippen LogP contribution >= 0.6 is 0 Å². The van der Waals surface area contributed by atoms with Crippen molar-refractivity contribution in [2.24, 2.45) is 12.8 Å². The zero-order valence-corrected chi connectivity index (χ0v) is 18.2. The normalized spacial score (nSPS) is 14.8. The minimum atomic E-state index is -4.64. The fraction of sp³-hybridized carbons (Fsp3) is 0.429. The molecule has 0 bridgehead atoms. The van der Waals surface area contributed by atoms with E-state index in [9.17, 15) is 27.6 Å². The Balaban J connectivity index is 1.61. The maximum Gasteiger partial charge on any atom is 0.417 e. The van der Waals surface area contributed by atoms with Gasteiger partial charge in [-0.3, -0.25) is 14.6 Å². The number of carbonyl (C=O) groups excluding carboxylic acids is 2. The third-order valence-corrected chi connectivity index (χ3v) is 5.61. The Morgan fingerprint density at radius 2 is 1.94 bits per heavy atom. The standard InChI is InChI=1S/C21H25F3N6O3/c1-28-12-13(21(22,23)24)9-17(19(28)32)27-20(33)29(2)15-5-7-30(8-6-15)16-4-3-14(26-11-16)10-18(25)31/h3-4,9,11-12,15H,5-8,10H2,1-2H3,(H2,25,31)(H,27,33). The molecular weight excluding hydrogens is 441 g/mol. The van der Waals surface area contributed by atoms with Crippen LogP contribution in [-0.2, 0) is 24.4 Å². The number of alkyl halides is 3. The Bertz CT molecular complexity index is 1080. The van der Waals surface area contributed by atoms with Crippen molar-refractivity contribution in [3.63, 3.8) is 0 Å². The zero-order valence-electron chi connectivity index (χ0n) is 18.2. The zero-order chi connectivity index (χ0) is 24.3. The van der Waals surface area contributed by atoms with Gasteiger partial charge in [0.05, 0.1) is 23.9 Å². The Morgan fingerprint density at radius 1 is 1.27 bits per heavy atom. The van der Waals surface area contributed by atoms with Crippen molar-refractivity contribution in [1.29, 1.82) is 0 Å². The van der Waals surface area contributed by atoms with E-state index in [1.807, 2.05) is 6.07 Å². The highest BCUT2D eigenvalue weighted by Gasteiger charge is 2.32. The maximum atomic E-state index is 13.1. The number of anilines is 2. The second-order valence-corrected chi connectivity index (χ2v) is 7.97. The van der Waals surface area contributed by atoms with Crippen molar-refractivity contribution in [3.05, 3.63) is 52.2 Å². The molecule has 0 saturated carbocycles. The van der Waals surface area contributed by atoms with E-state index in [0.717, 1.165) is 10.3 Å². The third-order valence-electron chi connectivity index (χ3n) is 5.61. The number of hydrogen-bond donors (Lipinski definition) is 2. The first-order valence-corrected chi connectivity index (χ1v) is 10.3. The number of primary amides is 1. The molecule has 1 aliphatic rings. The molecule has 0 spiro atoms. The summed E-state index contributed by atoms with van der Waals surface area (Å²) >= 11 is 0. The summed E-state index contributed by atoms with van der Waals surface area (Å²) in [5.74, 6) is -0.458. The van der Waals surface area contributed by atoms with E-state index in [4.69, 9.17) is 5.73 Å². The van der Waals surface area contributed by atoms with Crippen LogP contribution < -0.4 is 21.5 Å². The number of hydrogen-bond acceptors (Lipinski definition) is 5. The van der Waals surface area contributed by atoms with E-state index in [0.29, 0.717) is 43.9 Å². The second kappa shape index (κ2) is 9.51. The second-order valence-electron chi connectivity index (χ2n) is 7.97. The van der Waals surface area contributed by atoms with Crippen molar-refractivity contribution < 1.29 is 22.8 Å². The lowest BCUT2D eigenvalue weighted by Crippen LogP contribution is -2.47. The Hall–Kier alpha value is -3.57. The van der Waals surface area contributed by atoms with Crippen LogP contribution in [0.2, 0.25) is 0 Å². The molecule has 3 rings (SSSR count). The summed E-state index contributed by atoms with van der Waals surface area (Å²) in [6.07, 6.45) is -0.986. The van der Waals surface area contributed by atoms with E-state index < -0.39 is 34.9 Å². The highest BCUT2D eigenvalue weighted by Crippen LogP contribution is 2.29. The van der Waals surface area contributed by atoms with Gasteiger partial charge in [0.1, 0.15) is 5.69 Å². The SMILES string of the molecule is CN(C(=O)Nc1cc(C(F)(F)F)cn(C)c1=O)C1CCN(c2ccc(CC(N)=O)nc2)CC1. The fourth-order valence-corrected chi connectivity index (χ4v) is 3.72. The molecule has 2 aromatic rings. The summed E-state index contributed by atoms with van der Waals surface area (Å²) in [6.45, 7) is 1.26. The van der Waals surface area contributed by atoms with Crippen molar-refractivity contribution in [1.82, 2.24) is 14.5 Å². The van der Waals surface area contributed by atoms with Crippen LogP contribution in [-0.4, -0.2) is 52.6 Å². The largest absolute Gasteiger partial charge is 0.417 e. The van der Waals surface area contributed by atoms with Crippen LogP contribution in [0.3, 0.4) is 0 Å². The van der Waals surface area contributed by atoms with E-state index in [-0.39, 0.29) is 12.5 Å². The van der Waals surface area contributed by atoms with Gasteiger partial charge in [-0.15, -0.1) is 0 Å². The number of carbonyl (C=O) groups is 2. The number of nitrogens with zero attached hydrogens (tertiary/aromatic N) is 4. The van der Waals surface area contributed by atoms with Gasteiger partial charge in [-0.25, -0.2) is 4.79 Å². The van der Waals surface area contributed by atoms with Crippen molar-refractivity contribution in [2.75, 3.05) is 30.4 Å². The van der Waals surface area contributed by atoms with Crippen molar-refractivity contribution in [2.45, 2.75) is 31.5 Å². The predicted octanol–water partition coefficient (Wildman–Crippen LogP) is 1.96. The summed E-state index contributed by atoms with van der Waals surface area (Å²) in [6, 6.07) is 3.43. The summed E-state index contributed by atoms with van der Waals surface area (Å²) in [5.41, 5.74) is 4.45. The predicted molar refractivity (Wildman–Crippen MR) is 116 cm³/mol. The lowest BCUT2D eigenvalue weighted by molar-refractivity contribution is -0.138. The first-order chi connectivity index (χ1) is 15.5. The minimum Gasteiger partial charge on any atom is -0.370 e. The average Bonchev–Trinajstić information content (AvgIpc) is 2.75. The number of pyridine rings is 2. The molecule has 2 aromatic heterocycles. The number of nitrogens with one attached hydrogen (secondary N) is 1. The van der Waals surface area contributed by atoms with Crippen LogP contribution in [0.4, 0.5) is 29.3 Å². The van der Waals surface area contributed by atoms with Gasteiger partial charge in [-0.1, -0.05) is 0 Å². The third kappa shape index (κ3) is 5.82. The highest BCUT2D eigenvalue weighted by atomic mass is 19.4. The number of aryl methyl sites for hydroxylation is 1. The number of rotatable bonds is 5. The molecule has 0 atom stereocenters. The van der Waals surface area contributed by atoms with Gasteiger partial charge < -0.3 is 25.4 Å². The van der Waals surface area contributed by atoms with Gasteiger partial charge in [0.2, 0.25) is 5.91 Å². The van der Waals surface area contributed by atoms with Gasteiger partial charge in [0, 0.05) is 45.1 Å². The van der Waals surface area contributed by atoms with E-state index in [1.165, 1.54) is 11.9 Å². The molecule has 178 valence electrons. The Morgan fingerprint density at radius 3 is 2.48 bits per heavy atom. The van der Waals surface area contributed by atoms with Crippen LogP contribution in [0.5, 0.6) is 0 Å². The molecule has 1 aliphatic heterocycles. The molecule has 1 fully saturated rings. The summed E-state index contributed by atoms with van der Waals surface area (Å²) in [5, 5.41) is 2.32. The maximum absolute atomic E-state index is 13.1. The number of halogens is 3. The smallest absolute Gasteiger partial charge is 0.370 e. The number of amides is 3. The molecule has 3 N–H and O–H groups in total. The van der Waals surface area contributed by atoms with E-state index >= 15 is 0 Å². The molecular formula is C21H25F3N6O3. The molecule has 3 amide bonds. The van der Waals surface area contributed by atoms with Crippen LogP contribution in [0.25, 0.3) is 0 Å². The molecule has 12 heteroatoms. The number of urea groups is 1. The van der Waals surface area contributed by atoms with Gasteiger partial charge >= 0.3 is 12.2 Å². The van der Waals surface area contributed by atoms with Crippen molar-refractivity contribution >= 4 is 23.3 Å². The molecule has 0 aliphatic carbocycles. The minimum absolute atomic E-state index is 0.0667. The van der Waals surface area contributed by atoms with Gasteiger partial charge in [0.25, 0.3) is 5.56 Å². The fourth-order valence-electron chi connectivity index (χ4n) is 3.72. The monoisotopic (exact) mass is 466 g/mol. The molecule has 3 heterocycles. The number of piperidine rings is 1. The lowest BCUT2D eigenvalue weighted by atomic mass is 10.0.